The Labute approximate surface area is 116 Å². The standard InChI is InChI=1S/C13H9Br2FO/c14-10-2-1-3-12(6-10)17-8-9-4-5-11(16)7-13(9)15/h1-7H,8H2. The van der Waals surface area contributed by atoms with Gasteiger partial charge in [0.2, 0.25) is 0 Å². The molecule has 0 saturated heterocycles. The van der Waals surface area contributed by atoms with Crippen molar-refractivity contribution in [3.05, 3.63) is 62.8 Å². The Balaban J connectivity index is 2.07. The Morgan fingerprint density at radius 1 is 1.06 bits per heavy atom. The molecule has 0 aliphatic rings. The van der Waals surface area contributed by atoms with Crippen molar-refractivity contribution in [2.75, 3.05) is 0 Å². The normalized spacial score (nSPS) is 10.3. The van der Waals surface area contributed by atoms with Gasteiger partial charge in [0.15, 0.2) is 0 Å². The highest BCUT2D eigenvalue weighted by atomic mass is 79.9. The van der Waals surface area contributed by atoms with Crippen molar-refractivity contribution >= 4 is 31.9 Å². The third-order valence-corrected chi connectivity index (χ3v) is 3.44. The first kappa shape index (κ1) is 12.6. The maximum atomic E-state index is 12.9. The predicted octanol–water partition coefficient (Wildman–Crippen LogP) is 4.93. The summed E-state index contributed by atoms with van der Waals surface area (Å²) in [5.41, 5.74) is 0.909. The minimum absolute atomic E-state index is 0.261. The number of benzene rings is 2. The van der Waals surface area contributed by atoms with Crippen LogP contribution in [0.5, 0.6) is 5.75 Å². The molecule has 0 unspecified atom stereocenters. The van der Waals surface area contributed by atoms with Crippen molar-refractivity contribution in [3.8, 4) is 5.75 Å². The maximum absolute atomic E-state index is 12.9. The SMILES string of the molecule is Fc1ccc(COc2cccc(Br)c2)c(Br)c1. The van der Waals surface area contributed by atoms with Crippen molar-refractivity contribution in [1.29, 1.82) is 0 Å². The van der Waals surface area contributed by atoms with Gasteiger partial charge in [0.05, 0.1) is 0 Å². The largest absolute Gasteiger partial charge is 0.489 e. The zero-order chi connectivity index (χ0) is 12.3. The van der Waals surface area contributed by atoms with Gasteiger partial charge in [0.25, 0.3) is 0 Å². The Kier molecular flexibility index (Phi) is 4.18. The Morgan fingerprint density at radius 3 is 2.59 bits per heavy atom. The molecule has 2 aromatic carbocycles. The molecule has 1 nitrogen and oxygen atoms in total. The smallest absolute Gasteiger partial charge is 0.124 e. The van der Waals surface area contributed by atoms with Crippen LogP contribution in [-0.4, -0.2) is 0 Å². The molecule has 0 aliphatic carbocycles. The van der Waals surface area contributed by atoms with Gasteiger partial charge in [-0.3, -0.25) is 0 Å². The van der Waals surface area contributed by atoms with E-state index in [0.29, 0.717) is 11.1 Å². The van der Waals surface area contributed by atoms with Gasteiger partial charge in [-0.2, -0.15) is 0 Å². The summed E-state index contributed by atoms with van der Waals surface area (Å²) in [4.78, 5) is 0. The number of hydrogen-bond acceptors (Lipinski definition) is 1. The van der Waals surface area contributed by atoms with Crippen molar-refractivity contribution in [2.45, 2.75) is 6.61 Å². The van der Waals surface area contributed by atoms with Gasteiger partial charge in [-0.05, 0) is 30.3 Å². The minimum Gasteiger partial charge on any atom is -0.489 e. The van der Waals surface area contributed by atoms with Gasteiger partial charge < -0.3 is 4.74 Å². The quantitative estimate of drug-likeness (QED) is 0.754. The van der Waals surface area contributed by atoms with Gasteiger partial charge in [-0.25, -0.2) is 4.39 Å². The summed E-state index contributed by atoms with van der Waals surface area (Å²) in [6, 6.07) is 12.2. The summed E-state index contributed by atoms with van der Waals surface area (Å²) < 4.78 is 20.2. The molecular weight excluding hydrogens is 351 g/mol. The monoisotopic (exact) mass is 358 g/mol. The lowest BCUT2D eigenvalue weighted by molar-refractivity contribution is 0.305. The first-order valence-electron chi connectivity index (χ1n) is 4.97. The van der Waals surface area contributed by atoms with Crippen LogP contribution in [0.15, 0.2) is 51.4 Å². The van der Waals surface area contributed by atoms with Crippen molar-refractivity contribution in [1.82, 2.24) is 0 Å². The van der Waals surface area contributed by atoms with Crippen molar-refractivity contribution in [2.24, 2.45) is 0 Å². The molecule has 0 N–H and O–H groups in total. The summed E-state index contributed by atoms with van der Waals surface area (Å²) in [6.45, 7) is 0.400. The van der Waals surface area contributed by atoms with E-state index in [1.165, 1.54) is 12.1 Å². The van der Waals surface area contributed by atoms with E-state index >= 15 is 0 Å². The van der Waals surface area contributed by atoms with E-state index in [4.69, 9.17) is 4.74 Å². The molecule has 0 aromatic heterocycles. The first-order chi connectivity index (χ1) is 8.15. The molecule has 88 valence electrons. The molecule has 0 radical (unpaired) electrons. The van der Waals surface area contributed by atoms with Crippen LogP contribution in [0.25, 0.3) is 0 Å². The second kappa shape index (κ2) is 5.65. The van der Waals surface area contributed by atoms with Gasteiger partial charge in [-0.1, -0.05) is 44.0 Å². The molecule has 4 heteroatoms. The number of hydrogen-bond donors (Lipinski definition) is 0. The lowest BCUT2D eigenvalue weighted by Crippen LogP contribution is -1.96. The highest BCUT2D eigenvalue weighted by Crippen LogP contribution is 2.22. The zero-order valence-corrected chi connectivity index (χ0v) is 12.0. The third-order valence-electron chi connectivity index (χ3n) is 2.21. The van der Waals surface area contributed by atoms with Crippen LogP contribution < -0.4 is 4.74 Å². The van der Waals surface area contributed by atoms with Gasteiger partial charge in [0.1, 0.15) is 18.2 Å². The Morgan fingerprint density at radius 2 is 1.88 bits per heavy atom. The zero-order valence-electron chi connectivity index (χ0n) is 8.79. The summed E-state index contributed by atoms with van der Waals surface area (Å²) in [5, 5.41) is 0. The summed E-state index contributed by atoms with van der Waals surface area (Å²) in [6.07, 6.45) is 0. The number of ether oxygens (including phenoxy) is 1. The van der Waals surface area contributed by atoms with Gasteiger partial charge in [-0.15, -0.1) is 0 Å². The second-order valence-electron chi connectivity index (χ2n) is 3.48. The van der Waals surface area contributed by atoms with Crippen LogP contribution >= 0.6 is 31.9 Å². The lowest BCUT2D eigenvalue weighted by Gasteiger charge is -2.08. The average molecular weight is 360 g/mol. The molecule has 0 amide bonds. The lowest BCUT2D eigenvalue weighted by atomic mass is 10.2. The summed E-state index contributed by atoms with van der Waals surface area (Å²) >= 11 is 6.68. The highest BCUT2D eigenvalue weighted by molar-refractivity contribution is 9.10. The van der Waals surface area contributed by atoms with E-state index in [1.54, 1.807) is 6.07 Å². The van der Waals surface area contributed by atoms with Gasteiger partial charge in [0, 0.05) is 14.5 Å². The molecule has 0 bridgehead atoms. The highest BCUT2D eigenvalue weighted by Gasteiger charge is 2.02. The fraction of sp³-hybridized carbons (Fsp3) is 0.0769. The summed E-state index contributed by atoms with van der Waals surface area (Å²) in [7, 11) is 0. The van der Waals surface area contributed by atoms with Crippen LogP contribution in [0.2, 0.25) is 0 Å². The van der Waals surface area contributed by atoms with E-state index < -0.39 is 0 Å². The van der Waals surface area contributed by atoms with E-state index in [2.05, 4.69) is 31.9 Å². The molecular formula is C13H9Br2FO. The molecule has 17 heavy (non-hydrogen) atoms. The van der Waals surface area contributed by atoms with Crippen LogP contribution in [0, 0.1) is 5.82 Å². The molecule has 0 aliphatic heterocycles. The predicted molar refractivity (Wildman–Crippen MR) is 72.6 cm³/mol. The van der Waals surface area contributed by atoms with Crippen molar-refractivity contribution < 1.29 is 9.13 Å². The molecule has 0 heterocycles. The van der Waals surface area contributed by atoms with Gasteiger partial charge >= 0.3 is 0 Å². The average Bonchev–Trinajstić information content (AvgIpc) is 2.28. The molecule has 0 atom stereocenters. The third kappa shape index (κ3) is 3.54. The fourth-order valence-corrected chi connectivity index (χ4v) is 2.20. The van der Waals surface area contributed by atoms with Crippen LogP contribution in [0.1, 0.15) is 5.56 Å². The molecule has 2 rings (SSSR count). The second-order valence-corrected chi connectivity index (χ2v) is 5.25. The van der Waals surface area contributed by atoms with Crippen LogP contribution in [-0.2, 0) is 6.61 Å². The number of rotatable bonds is 3. The maximum Gasteiger partial charge on any atom is 0.124 e. The molecule has 0 fully saturated rings. The fourth-order valence-electron chi connectivity index (χ4n) is 1.36. The van der Waals surface area contributed by atoms with Crippen LogP contribution in [0.3, 0.4) is 0 Å². The Hall–Kier alpha value is -0.870. The van der Waals surface area contributed by atoms with Crippen LogP contribution in [0.4, 0.5) is 4.39 Å². The topological polar surface area (TPSA) is 9.23 Å². The van der Waals surface area contributed by atoms with E-state index in [0.717, 1.165) is 15.8 Å². The minimum atomic E-state index is -0.261. The summed E-state index contributed by atoms with van der Waals surface area (Å²) in [5.74, 6) is 0.513. The molecule has 0 spiro atoms. The van der Waals surface area contributed by atoms with E-state index in [9.17, 15) is 4.39 Å². The first-order valence-corrected chi connectivity index (χ1v) is 6.56. The Bertz CT molecular complexity index is 529. The van der Waals surface area contributed by atoms with E-state index in [1.807, 2.05) is 24.3 Å². The van der Waals surface area contributed by atoms with Crippen molar-refractivity contribution in [3.63, 3.8) is 0 Å². The van der Waals surface area contributed by atoms with E-state index in [-0.39, 0.29) is 5.82 Å². The molecule has 0 saturated carbocycles. The number of halogens is 3. The molecule has 2 aromatic rings.